The molecule has 1 heterocycles. The molecule has 0 aliphatic heterocycles. The molecule has 0 amide bonds. The molecule has 1 saturated carbocycles. The van der Waals surface area contributed by atoms with E-state index in [2.05, 4.69) is 25.2 Å². The Morgan fingerprint density at radius 1 is 1.44 bits per heavy atom. The summed E-state index contributed by atoms with van der Waals surface area (Å²) in [6.45, 7) is 8.80. The van der Waals surface area contributed by atoms with Crippen LogP contribution in [0.2, 0.25) is 0 Å². The van der Waals surface area contributed by atoms with E-state index in [0.717, 1.165) is 37.1 Å². The van der Waals surface area contributed by atoms with Crippen molar-refractivity contribution in [2.45, 2.75) is 59.2 Å². The van der Waals surface area contributed by atoms with E-state index in [1.165, 1.54) is 18.4 Å². The Morgan fingerprint density at radius 2 is 2.22 bits per heavy atom. The van der Waals surface area contributed by atoms with Crippen LogP contribution in [0.4, 0.5) is 0 Å². The number of hydrogen-bond acceptors (Lipinski definition) is 3. The highest BCUT2D eigenvalue weighted by atomic mass is 16.5. The van der Waals surface area contributed by atoms with Crippen molar-refractivity contribution in [3.05, 3.63) is 23.2 Å². The quantitative estimate of drug-likeness (QED) is 0.719. The van der Waals surface area contributed by atoms with Gasteiger partial charge in [-0.15, -0.1) is 0 Å². The standard InChI is InChI=1S/C15H25NO2/c1-11(2)6-7-17-10-13-8-15(18-12(13)3)9-16-14-4-5-14/h8,11,14,16H,4-7,9-10H2,1-3H3. The van der Waals surface area contributed by atoms with Crippen LogP contribution >= 0.6 is 0 Å². The fourth-order valence-electron chi connectivity index (χ4n) is 1.85. The monoisotopic (exact) mass is 251 g/mol. The van der Waals surface area contributed by atoms with Crippen molar-refractivity contribution in [1.29, 1.82) is 0 Å². The third-order valence-electron chi connectivity index (χ3n) is 3.31. The van der Waals surface area contributed by atoms with Crippen molar-refractivity contribution in [1.82, 2.24) is 5.32 Å². The SMILES string of the molecule is Cc1oc(CNC2CC2)cc1COCCC(C)C. The maximum Gasteiger partial charge on any atom is 0.118 e. The lowest BCUT2D eigenvalue weighted by Crippen LogP contribution is -2.14. The molecule has 0 bridgehead atoms. The number of hydrogen-bond donors (Lipinski definition) is 1. The molecule has 102 valence electrons. The summed E-state index contributed by atoms with van der Waals surface area (Å²) in [5.74, 6) is 2.72. The average Bonchev–Trinajstić information content (AvgIpc) is 3.07. The number of nitrogens with one attached hydrogen (secondary N) is 1. The molecule has 1 aliphatic rings. The third-order valence-corrected chi connectivity index (χ3v) is 3.31. The Bertz CT molecular complexity index is 367. The second-order valence-corrected chi connectivity index (χ2v) is 5.68. The molecular formula is C15H25NO2. The van der Waals surface area contributed by atoms with Gasteiger partial charge in [0.25, 0.3) is 0 Å². The van der Waals surface area contributed by atoms with Crippen LogP contribution in [0.1, 0.15) is 50.2 Å². The molecule has 1 aromatic rings. The molecule has 3 nitrogen and oxygen atoms in total. The first-order valence-corrected chi connectivity index (χ1v) is 7.04. The molecule has 1 aliphatic carbocycles. The number of ether oxygens (including phenoxy) is 1. The molecule has 0 saturated heterocycles. The van der Waals surface area contributed by atoms with E-state index in [-0.39, 0.29) is 0 Å². The molecule has 1 aromatic heterocycles. The van der Waals surface area contributed by atoms with Gasteiger partial charge in [0.1, 0.15) is 11.5 Å². The first-order chi connectivity index (χ1) is 8.65. The molecule has 0 radical (unpaired) electrons. The van der Waals surface area contributed by atoms with Crippen LogP contribution < -0.4 is 5.32 Å². The molecule has 18 heavy (non-hydrogen) atoms. The first-order valence-electron chi connectivity index (χ1n) is 7.04. The molecule has 3 heteroatoms. The average molecular weight is 251 g/mol. The topological polar surface area (TPSA) is 34.4 Å². The van der Waals surface area contributed by atoms with Gasteiger partial charge in [-0.05, 0) is 38.2 Å². The Kier molecular flexibility index (Phi) is 4.84. The van der Waals surface area contributed by atoms with Crippen LogP contribution in [0.5, 0.6) is 0 Å². The van der Waals surface area contributed by atoms with Crippen LogP contribution in [0, 0.1) is 12.8 Å². The van der Waals surface area contributed by atoms with Gasteiger partial charge in [0.15, 0.2) is 0 Å². The van der Waals surface area contributed by atoms with E-state index in [1.54, 1.807) is 0 Å². The lowest BCUT2D eigenvalue weighted by atomic mass is 10.1. The first kappa shape index (κ1) is 13.6. The number of aryl methyl sites for hydroxylation is 1. The third kappa shape index (κ3) is 4.46. The summed E-state index contributed by atoms with van der Waals surface area (Å²) in [4.78, 5) is 0. The van der Waals surface area contributed by atoms with Crippen molar-refractivity contribution in [2.24, 2.45) is 5.92 Å². The van der Waals surface area contributed by atoms with Crippen molar-refractivity contribution in [2.75, 3.05) is 6.61 Å². The van der Waals surface area contributed by atoms with Gasteiger partial charge < -0.3 is 14.5 Å². The second kappa shape index (κ2) is 6.39. The van der Waals surface area contributed by atoms with Crippen molar-refractivity contribution in [3.8, 4) is 0 Å². The Balaban J connectivity index is 1.73. The zero-order chi connectivity index (χ0) is 13.0. The Labute approximate surface area is 110 Å². The van der Waals surface area contributed by atoms with E-state index in [0.29, 0.717) is 12.5 Å². The molecule has 1 fully saturated rings. The fraction of sp³-hybridized carbons (Fsp3) is 0.733. The Morgan fingerprint density at radius 3 is 2.89 bits per heavy atom. The van der Waals surface area contributed by atoms with Crippen LogP contribution in [0.15, 0.2) is 10.5 Å². The lowest BCUT2D eigenvalue weighted by molar-refractivity contribution is 0.110. The van der Waals surface area contributed by atoms with Crippen molar-refractivity contribution >= 4 is 0 Å². The normalized spacial score (nSPS) is 15.6. The smallest absolute Gasteiger partial charge is 0.118 e. The van der Waals surface area contributed by atoms with Crippen LogP contribution in [0.3, 0.4) is 0 Å². The van der Waals surface area contributed by atoms with Crippen molar-refractivity contribution in [3.63, 3.8) is 0 Å². The van der Waals surface area contributed by atoms with Gasteiger partial charge in [0.05, 0.1) is 13.2 Å². The summed E-state index contributed by atoms with van der Waals surface area (Å²) < 4.78 is 11.4. The van der Waals surface area contributed by atoms with Gasteiger partial charge in [-0.25, -0.2) is 0 Å². The summed E-state index contributed by atoms with van der Waals surface area (Å²) in [7, 11) is 0. The molecule has 2 rings (SSSR count). The summed E-state index contributed by atoms with van der Waals surface area (Å²) in [5, 5.41) is 3.46. The lowest BCUT2D eigenvalue weighted by Gasteiger charge is -2.05. The minimum Gasteiger partial charge on any atom is -0.465 e. The van der Waals surface area contributed by atoms with Gasteiger partial charge >= 0.3 is 0 Å². The highest BCUT2D eigenvalue weighted by Crippen LogP contribution is 2.21. The largest absolute Gasteiger partial charge is 0.465 e. The van der Waals surface area contributed by atoms with Gasteiger partial charge in [0.2, 0.25) is 0 Å². The van der Waals surface area contributed by atoms with E-state index in [9.17, 15) is 0 Å². The van der Waals surface area contributed by atoms with Crippen molar-refractivity contribution < 1.29 is 9.15 Å². The van der Waals surface area contributed by atoms with Crippen LogP contribution in [0.25, 0.3) is 0 Å². The predicted molar refractivity (Wildman–Crippen MR) is 72.4 cm³/mol. The van der Waals surface area contributed by atoms with E-state index < -0.39 is 0 Å². The highest BCUT2D eigenvalue weighted by molar-refractivity contribution is 5.20. The van der Waals surface area contributed by atoms with Gasteiger partial charge in [-0.1, -0.05) is 13.8 Å². The minimum absolute atomic E-state index is 0.672. The van der Waals surface area contributed by atoms with E-state index in [4.69, 9.17) is 9.15 Å². The number of rotatable bonds is 8. The van der Waals surface area contributed by atoms with Crippen LogP contribution in [-0.4, -0.2) is 12.6 Å². The predicted octanol–water partition coefficient (Wildman–Crippen LogP) is 3.40. The zero-order valence-electron chi connectivity index (χ0n) is 11.8. The zero-order valence-corrected chi connectivity index (χ0v) is 11.8. The summed E-state index contributed by atoms with van der Waals surface area (Å²) in [6.07, 6.45) is 3.74. The molecule has 1 N–H and O–H groups in total. The minimum atomic E-state index is 0.672. The van der Waals surface area contributed by atoms with E-state index in [1.807, 2.05) is 6.92 Å². The molecular weight excluding hydrogens is 226 g/mol. The summed E-state index contributed by atoms with van der Waals surface area (Å²) in [6, 6.07) is 2.85. The van der Waals surface area contributed by atoms with Gasteiger partial charge in [-0.3, -0.25) is 0 Å². The Hall–Kier alpha value is -0.800. The molecule has 0 atom stereocenters. The van der Waals surface area contributed by atoms with E-state index >= 15 is 0 Å². The van der Waals surface area contributed by atoms with Gasteiger partial charge in [-0.2, -0.15) is 0 Å². The number of furan rings is 1. The second-order valence-electron chi connectivity index (χ2n) is 5.68. The summed E-state index contributed by atoms with van der Waals surface area (Å²) >= 11 is 0. The fourth-order valence-corrected chi connectivity index (χ4v) is 1.85. The summed E-state index contributed by atoms with van der Waals surface area (Å²) in [5.41, 5.74) is 1.19. The highest BCUT2D eigenvalue weighted by Gasteiger charge is 2.20. The molecule has 0 aromatic carbocycles. The molecule has 0 unspecified atom stereocenters. The molecule has 0 spiro atoms. The maximum absolute atomic E-state index is 5.73. The van der Waals surface area contributed by atoms with Gasteiger partial charge in [0, 0.05) is 18.2 Å². The van der Waals surface area contributed by atoms with Crippen LogP contribution in [-0.2, 0) is 17.9 Å². The maximum atomic E-state index is 5.73.